The Morgan fingerprint density at radius 1 is 0.792 bits per heavy atom. The van der Waals surface area contributed by atoms with Crippen LogP contribution in [0.5, 0.6) is 0 Å². The highest BCUT2D eigenvalue weighted by Crippen LogP contribution is 2.29. The molecule has 0 saturated carbocycles. The van der Waals surface area contributed by atoms with Crippen LogP contribution in [0.2, 0.25) is 0 Å². The number of benzene rings is 2. The Labute approximate surface area is 146 Å². The lowest BCUT2D eigenvalue weighted by molar-refractivity contribution is 0.143. The minimum atomic E-state index is -1.31. The van der Waals surface area contributed by atoms with E-state index < -0.39 is 5.60 Å². The Kier molecular flexibility index (Phi) is 5.83. The van der Waals surface area contributed by atoms with Gasteiger partial charge >= 0.3 is 0 Å². The van der Waals surface area contributed by atoms with E-state index >= 15 is 0 Å². The standard InChI is InChI=1S/C22H27NO/c1-5-23(6-2)21(3,4)17-18-22(24,19-13-9-7-10-14-19)20-15-11-8-12-16-20/h7-16,24H,5-6H2,1-4H3. The van der Waals surface area contributed by atoms with Gasteiger partial charge in [-0.25, -0.2) is 0 Å². The molecule has 0 aliphatic heterocycles. The lowest BCUT2D eigenvalue weighted by Gasteiger charge is -2.33. The van der Waals surface area contributed by atoms with Crippen LogP contribution in [0.3, 0.4) is 0 Å². The van der Waals surface area contributed by atoms with Crippen LogP contribution in [0, 0.1) is 11.8 Å². The smallest absolute Gasteiger partial charge is 0.176 e. The molecule has 2 heteroatoms. The van der Waals surface area contributed by atoms with Crippen LogP contribution in [0.15, 0.2) is 60.7 Å². The Morgan fingerprint density at radius 2 is 1.21 bits per heavy atom. The summed E-state index contributed by atoms with van der Waals surface area (Å²) < 4.78 is 0. The molecule has 1 N–H and O–H groups in total. The molecule has 0 atom stereocenters. The van der Waals surface area contributed by atoms with Crippen molar-refractivity contribution in [1.29, 1.82) is 0 Å². The van der Waals surface area contributed by atoms with Gasteiger partial charge in [-0.15, -0.1) is 0 Å². The van der Waals surface area contributed by atoms with Crippen molar-refractivity contribution in [2.45, 2.75) is 38.8 Å². The summed E-state index contributed by atoms with van der Waals surface area (Å²) in [6.07, 6.45) is 0. The quantitative estimate of drug-likeness (QED) is 0.840. The third-order valence-electron chi connectivity index (χ3n) is 4.49. The summed E-state index contributed by atoms with van der Waals surface area (Å²) in [5, 5.41) is 11.5. The highest BCUT2D eigenvalue weighted by molar-refractivity contribution is 5.45. The van der Waals surface area contributed by atoms with E-state index in [9.17, 15) is 5.11 Å². The Balaban J connectivity index is 2.53. The van der Waals surface area contributed by atoms with E-state index in [2.05, 4.69) is 44.4 Å². The zero-order valence-electron chi connectivity index (χ0n) is 15.1. The monoisotopic (exact) mass is 321 g/mol. The van der Waals surface area contributed by atoms with Crippen LogP contribution < -0.4 is 0 Å². The molecule has 2 nitrogen and oxygen atoms in total. The number of nitrogens with zero attached hydrogens (tertiary/aromatic N) is 1. The summed E-state index contributed by atoms with van der Waals surface area (Å²) in [6, 6.07) is 19.3. The fraction of sp³-hybridized carbons (Fsp3) is 0.364. The second kappa shape index (κ2) is 7.66. The van der Waals surface area contributed by atoms with Crippen molar-refractivity contribution in [2.75, 3.05) is 13.1 Å². The van der Waals surface area contributed by atoms with Crippen molar-refractivity contribution < 1.29 is 5.11 Å². The van der Waals surface area contributed by atoms with Crippen LogP contribution in [0.1, 0.15) is 38.8 Å². The highest BCUT2D eigenvalue weighted by atomic mass is 16.3. The fourth-order valence-corrected chi connectivity index (χ4v) is 3.01. The van der Waals surface area contributed by atoms with Crippen molar-refractivity contribution in [2.24, 2.45) is 0 Å². The Hall–Kier alpha value is -2.08. The first-order chi connectivity index (χ1) is 11.4. The Morgan fingerprint density at radius 3 is 1.58 bits per heavy atom. The van der Waals surface area contributed by atoms with Gasteiger partial charge in [0.25, 0.3) is 0 Å². The number of rotatable bonds is 5. The van der Waals surface area contributed by atoms with Crippen molar-refractivity contribution in [3.8, 4) is 11.8 Å². The molecule has 0 aliphatic rings. The minimum absolute atomic E-state index is 0.305. The van der Waals surface area contributed by atoms with Gasteiger partial charge in [0.15, 0.2) is 5.60 Å². The van der Waals surface area contributed by atoms with Crippen LogP contribution in [-0.2, 0) is 5.60 Å². The van der Waals surface area contributed by atoms with Crippen LogP contribution in [0.25, 0.3) is 0 Å². The maximum absolute atomic E-state index is 11.5. The first kappa shape index (κ1) is 18.3. The first-order valence-electron chi connectivity index (χ1n) is 8.57. The molecule has 0 unspecified atom stereocenters. The minimum Gasteiger partial charge on any atom is -0.369 e. The third-order valence-corrected chi connectivity index (χ3v) is 4.49. The van der Waals surface area contributed by atoms with E-state index in [1.165, 1.54) is 0 Å². The Bertz CT molecular complexity index is 651. The summed E-state index contributed by atoms with van der Waals surface area (Å²) in [6.45, 7) is 10.3. The van der Waals surface area contributed by atoms with Crippen LogP contribution in [-0.4, -0.2) is 28.6 Å². The maximum atomic E-state index is 11.5. The molecular weight excluding hydrogens is 294 g/mol. The van der Waals surface area contributed by atoms with E-state index in [-0.39, 0.29) is 5.54 Å². The fourth-order valence-electron chi connectivity index (χ4n) is 3.01. The molecule has 0 bridgehead atoms. The SMILES string of the molecule is CCN(CC)C(C)(C)C#CC(O)(c1ccccc1)c1ccccc1. The topological polar surface area (TPSA) is 23.5 Å². The molecular formula is C22H27NO. The van der Waals surface area contributed by atoms with Gasteiger partial charge in [0.1, 0.15) is 0 Å². The molecule has 2 aromatic carbocycles. The molecule has 0 spiro atoms. The number of hydrogen-bond donors (Lipinski definition) is 1. The third kappa shape index (κ3) is 3.87. The second-order valence-corrected chi connectivity index (χ2v) is 6.42. The summed E-state index contributed by atoms with van der Waals surface area (Å²) in [7, 11) is 0. The largest absolute Gasteiger partial charge is 0.369 e. The van der Waals surface area contributed by atoms with Gasteiger partial charge in [-0.2, -0.15) is 0 Å². The van der Waals surface area contributed by atoms with Crippen LogP contribution >= 0.6 is 0 Å². The van der Waals surface area contributed by atoms with E-state index in [1.54, 1.807) is 0 Å². The van der Waals surface area contributed by atoms with E-state index in [4.69, 9.17) is 0 Å². The molecule has 0 aromatic heterocycles. The van der Waals surface area contributed by atoms with E-state index in [0.29, 0.717) is 0 Å². The molecule has 0 heterocycles. The van der Waals surface area contributed by atoms with Gasteiger partial charge in [-0.3, -0.25) is 4.90 Å². The second-order valence-electron chi connectivity index (χ2n) is 6.42. The molecule has 2 rings (SSSR count). The maximum Gasteiger partial charge on any atom is 0.176 e. The van der Waals surface area contributed by atoms with Crippen LogP contribution in [0.4, 0.5) is 0 Å². The molecule has 0 radical (unpaired) electrons. The van der Waals surface area contributed by atoms with E-state index in [1.807, 2.05) is 60.7 Å². The predicted octanol–water partition coefficient (Wildman–Crippen LogP) is 4.05. The average Bonchev–Trinajstić information content (AvgIpc) is 2.62. The lowest BCUT2D eigenvalue weighted by Crippen LogP contribution is -2.43. The van der Waals surface area contributed by atoms with Crippen molar-refractivity contribution >= 4 is 0 Å². The van der Waals surface area contributed by atoms with Gasteiger partial charge in [-0.05, 0) is 26.9 Å². The van der Waals surface area contributed by atoms with Gasteiger partial charge in [0, 0.05) is 11.1 Å². The summed E-state index contributed by atoms with van der Waals surface area (Å²) in [5.41, 5.74) is -0.0355. The first-order valence-corrected chi connectivity index (χ1v) is 8.57. The zero-order valence-corrected chi connectivity index (χ0v) is 15.1. The lowest BCUT2D eigenvalue weighted by atomic mass is 9.86. The van der Waals surface area contributed by atoms with Gasteiger partial charge in [0.05, 0.1) is 5.54 Å². The summed E-state index contributed by atoms with van der Waals surface area (Å²) >= 11 is 0. The highest BCUT2D eigenvalue weighted by Gasteiger charge is 2.30. The summed E-state index contributed by atoms with van der Waals surface area (Å²) in [4.78, 5) is 2.29. The molecule has 0 fully saturated rings. The zero-order chi connectivity index (χ0) is 17.6. The van der Waals surface area contributed by atoms with E-state index in [0.717, 1.165) is 24.2 Å². The number of hydrogen-bond acceptors (Lipinski definition) is 2. The predicted molar refractivity (Wildman–Crippen MR) is 101 cm³/mol. The van der Waals surface area contributed by atoms with Gasteiger partial charge in [0.2, 0.25) is 0 Å². The molecule has 0 aliphatic carbocycles. The molecule has 24 heavy (non-hydrogen) atoms. The van der Waals surface area contributed by atoms with Crippen molar-refractivity contribution in [3.63, 3.8) is 0 Å². The molecule has 0 amide bonds. The molecule has 126 valence electrons. The van der Waals surface area contributed by atoms with Gasteiger partial charge < -0.3 is 5.11 Å². The van der Waals surface area contributed by atoms with Gasteiger partial charge in [-0.1, -0.05) is 86.4 Å². The molecule has 0 saturated heterocycles. The summed E-state index contributed by atoms with van der Waals surface area (Å²) in [5.74, 6) is 6.51. The van der Waals surface area contributed by atoms with Crippen molar-refractivity contribution in [1.82, 2.24) is 4.90 Å². The normalized spacial score (nSPS) is 11.9. The average molecular weight is 321 g/mol. The van der Waals surface area contributed by atoms with Crippen molar-refractivity contribution in [3.05, 3.63) is 71.8 Å². The number of aliphatic hydroxyl groups is 1. The molecule has 2 aromatic rings.